The highest BCUT2D eigenvalue weighted by Gasteiger charge is 2.06. The second-order valence-corrected chi connectivity index (χ2v) is 9.32. The normalized spacial score (nSPS) is 11.5. The van der Waals surface area contributed by atoms with Gasteiger partial charge in [-0.15, -0.1) is 6.58 Å². The molecule has 36 heavy (non-hydrogen) atoms. The molecule has 188 valence electrons. The summed E-state index contributed by atoms with van der Waals surface area (Å²) in [7, 11) is 0. The number of hydrogen-bond acceptors (Lipinski definition) is 2. The van der Waals surface area contributed by atoms with Gasteiger partial charge in [0.2, 0.25) is 0 Å². The standard InChI is InChI=1S/C33H39FN2/c1-3-5-7-9-11-15-29-16-12-13-17-31(29)26-36-35-25-28-20-23-32(33(34)24-28)30-21-18-27(19-22-30)14-10-8-6-4-2/h3,12-13,16-26H,1,4-11,14-15H2,2H3. The van der Waals surface area contributed by atoms with Crippen molar-refractivity contribution in [3.8, 4) is 11.1 Å². The third kappa shape index (κ3) is 9.03. The number of hydrogen-bond donors (Lipinski definition) is 0. The minimum atomic E-state index is -0.250. The van der Waals surface area contributed by atoms with Gasteiger partial charge in [-0.1, -0.05) is 99.3 Å². The molecule has 0 bridgehead atoms. The fourth-order valence-electron chi connectivity index (χ4n) is 4.32. The molecule has 0 atom stereocenters. The Hall–Kier alpha value is -3.33. The molecule has 0 spiro atoms. The van der Waals surface area contributed by atoms with Crippen molar-refractivity contribution in [2.45, 2.75) is 71.1 Å². The van der Waals surface area contributed by atoms with E-state index in [4.69, 9.17) is 0 Å². The predicted octanol–water partition coefficient (Wildman–Crippen LogP) is 9.36. The number of unbranched alkanes of at least 4 members (excludes halogenated alkanes) is 6. The molecule has 0 radical (unpaired) electrons. The summed E-state index contributed by atoms with van der Waals surface area (Å²) in [4.78, 5) is 0. The van der Waals surface area contributed by atoms with Gasteiger partial charge >= 0.3 is 0 Å². The van der Waals surface area contributed by atoms with E-state index in [0.717, 1.165) is 36.8 Å². The van der Waals surface area contributed by atoms with Gasteiger partial charge in [0, 0.05) is 5.56 Å². The van der Waals surface area contributed by atoms with Gasteiger partial charge in [-0.25, -0.2) is 4.39 Å². The molecule has 0 aliphatic heterocycles. The Morgan fingerprint density at radius 3 is 2.31 bits per heavy atom. The average Bonchev–Trinajstić information content (AvgIpc) is 2.90. The second-order valence-electron chi connectivity index (χ2n) is 9.32. The predicted molar refractivity (Wildman–Crippen MR) is 154 cm³/mol. The Morgan fingerprint density at radius 1 is 0.778 bits per heavy atom. The fourth-order valence-corrected chi connectivity index (χ4v) is 4.32. The smallest absolute Gasteiger partial charge is 0.131 e. The first-order chi connectivity index (χ1) is 17.7. The molecule has 3 aromatic rings. The number of rotatable bonds is 15. The van der Waals surface area contributed by atoms with Crippen LogP contribution in [0.2, 0.25) is 0 Å². The number of halogens is 1. The zero-order valence-corrected chi connectivity index (χ0v) is 21.6. The van der Waals surface area contributed by atoms with Crippen LogP contribution in [0.3, 0.4) is 0 Å². The number of allylic oxidation sites excluding steroid dienone is 1. The van der Waals surface area contributed by atoms with Crippen molar-refractivity contribution in [1.82, 2.24) is 0 Å². The van der Waals surface area contributed by atoms with E-state index < -0.39 is 0 Å². The van der Waals surface area contributed by atoms with Crippen molar-refractivity contribution < 1.29 is 4.39 Å². The lowest BCUT2D eigenvalue weighted by Crippen LogP contribution is -1.93. The maximum absolute atomic E-state index is 14.8. The van der Waals surface area contributed by atoms with Crippen molar-refractivity contribution in [3.63, 3.8) is 0 Å². The van der Waals surface area contributed by atoms with Crippen LogP contribution in [0.5, 0.6) is 0 Å². The van der Waals surface area contributed by atoms with Gasteiger partial charge in [0.25, 0.3) is 0 Å². The van der Waals surface area contributed by atoms with Gasteiger partial charge in [-0.3, -0.25) is 0 Å². The van der Waals surface area contributed by atoms with Crippen LogP contribution in [0.4, 0.5) is 4.39 Å². The minimum Gasteiger partial charge on any atom is -0.206 e. The molecule has 0 amide bonds. The Kier molecular flexibility index (Phi) is 11.8. The van der Waals surface area contributed by atoms with Crippen molar-refractivity contribution in [2.24, 2.45) is 10.2 Å². The largest absolute Gasteiger partial charge is 0.206 e. The van der Waals surface area contributed by atoms with Crippen LogP contribution >= 0.6 is 0 Å². The SMILES string of the molecule is C=CCCCCCc1ccccc1C=NN=Cc1ccc(-c2ccc(CCCCCC)cc2)c(F)c1. The maximum atomic E-state index is 14.8. The molecular weight excluding hydrogens is 443 g/mol. The summed E-state index contributed by atoms with van der Waals surface area (Å²) in [6, 6.07) is 21.8. The summed E-state index contributed by atoms with van der Waals surface area (Å²) < 4.78 is 14.8. The first-order valence-electron chi connectivity index (χ1n) is 13.4. The summed E-state index contributed by atoms with van der Waals surface area (Å²) in [5.74, 6) is -0.250. The van der Waals surface area contributed by atoms with E-state index in [2.05, 4.69) is 54.0 Å². The molecule has 3 aromatic carbocycles. The molecule has 2 nitrogen and oxygen atoms in total. The second kappa shape index (κ2) is 15.6. The Morgan fingerprint density at radius 2 is 1.53 bits per heavy atom. The van der Waals surface area contributed by atoms with Gasteiger partial charge in [0.15, 0.2) is 0 Å². The number of aryl methyl sites for hydroxylation is 2. The molecule has 0 heterocycles. The van der Waals surface area contributed by atoms with Gasteiger partial charge in [-0.2, -0.15) is 10.2 Å². The molecule has 0 fully saturated rings. The molecule has 3 heteroatoms. The molecule has 0 saturated carbocycles. The van der Waals surface area contributed by atoms with E-state index in [9.17, 15) is 4.39 Å². The summed E-state index contributed by atoms with van der Waals surface area (Å²) in [6.45, 7) is 6.01. The molecular formula is C33H39FN2. The third-order valence-corrected chi connectivity index (χ3v) is 6.46. The van der Waals surface area contributed by atoms with Crippen LogP contribution in [-0.4, -0.2) is 12.4 Å². The zero-order chi connectivity index (χ0) is 25.4. The van der Waals surface area contributed by atoms with Crippen LogP contribution in [-0.2, 0) is 12.8 Å². The summed E-state index contributed by atoms with van der Waals surface area (Å²) >= 11 is 0. The number of nitrogens with zero attached hydrogens (tertiary/aromatic N) is 2. The first-order valence-corrected chi connectivity index (χ1v) is 13.4. The van der Waals surface area contributed by atoms with Crippen molar-refractivity contribution in [2.75, 3.05) is 0 Å². The fraction of sp³-hybridized carbons (Fsp3) is 0.333. The quantitative estimate of drug-likeness (QED) is 0.0892. The van der Waals surface area contributed by atoms with Crippen LogP contribution in [0, 0.1) is 5.82 Å². The van der Waals surface area contributed by atoms with Crippen molar-refractivity contribution in [1.29, 1.82) is 0 Å². The third-order valence-electron chi connectivity index (χ3n) is 6.46. The molecule has 0 aliphatic rings. The molecule has 0 saturated heterocycles. The van der Waals surface area contributed by atoms with E-state index >= 15 is 0 Å². The molecule has 0 unspecified atom stereocenters. The zero-order valence-electron chi connectivity index (χ0n) is 21.6. The molecule has 0 aromatic heterocycles. The minimum absolute atomic E-state index is 0.250. The highest BCUT2D eigenvalue weighted by atomic mass is 19.1. The number of benzene rings is 3. The van der Waals surface area contributed by atoms with E-state index in [-0.39, 0.29) is 5.82 Å². The average molecular weight is 483 g/mol. The Bertz CT molecular complexity index is 1130. The van der Waals surface area contributed by atoms with Crippen molar-refractivity contribution >= 4 is 12.4 Å². The van der Waals surface area contributed by atoms with Crippen LogP contribution in [0.1, 0.15) is 80.5 Å². The monoisotopic (exact) mass is 482 g/mol. The maximum Gasteiger partial charge on any atom is 0.131 e. The van der Waals surface area contributed by atoms with Crippen LogP contribution in [0.15, 0.2) is 89.6 Å². The topological polar surface area (TPSA) is 24.7 Å². The lowest BCUT2D eigenvalue weighted by atomic mass is 10.00. The van der Waals surface area contributed by atoms with E-state index in [1.165, 1.54) is 55.7 Å². The van der Waals surface area contributed by atoms with Gasteiger partial charge in [-0.05, 0) is 72.4 Å². The lowest BCUT2D eigenvalue weighted by Gasteiger charge is -2.07. The lowest BCUT2D eigenvalue weighted by molar-refractivity contribution is 0.631. The van der Waals surface area contributed by atoms with Gasteiger partial charge in [0.05, 0.1) is 12.4 Å². The molecule has 3 rings (SSSR count). The van der Waals surface area contributed by atoms with E-state index in [0.29, 0.717) is 11.1 Å². The van der Waals surface area contributed by atoms with Gasteiger partial charge < -0.3 is 0 Å². The van der Waals surface area contributed by atoms with E-state index in [1.54, 1.807) is 12.4 Å². The van der Waals surface area contributed by atoms with Crippen LogP contribution in [0.25, 0.3) is 11.1 Å². The highest BCUT2D eigenvalue weighted by molar-refractivity contribution is 5.84. The molecule has 0 aliphatic carbocycles. The Labute approximate surface area is 216 Å². The highest BCUT2D eigenvalue weighted by Crippen LogP contribution is 2.24. The van der Waals surface area contributed by atoms with Crippen molar-refractivity contribution in [3.05, 3.63) is 107 Å². The summed E-state index contributed by atoms with van der Waals surface area (Å²) in [5.41, 5.74) is 5.86. The molecule has 0 N–H and O–H groups in total. The first kappa shape index (κ1) is 27.3. The van der Waals surface area contributed by atoms with E-state index in [1.807, 2.05) is 36.4 Å². The Balaban J connectivity index is 1.57. The summed E-state index contributed by atoms with van der Waals surface area (Å²) in [6.07, 6.45) is 17.1. The summed E-state index contributed by atoms with van der Waals surface area (Å²) in [5, 5.41) is 8.38. The van der Waals surface area contributed by atoms with Crippen LogP contribution < -0.4 is 0 Å². The van der Waals surface area contributed by atoms with Gasteiger partial charge in [0.1, 0.15) is 5.82 Å².